The maximum atomic E-state index is 8.86. The summed E-state index contributed by atoms with van der Waals surface area (Å²) < 4.78 is 1.99. The second kappa shape index (κ2) is 4.42. The van der Waals surface area contributed by atoms with Gasteiger partial charge in [-0.05, 0) is 44.0 Å². The molecule has 0 N–H and O–H groups in total. The Hall–Kier alpha value is -2.08. The van der Waals surface area contributed by atoms with Gasteiger partial charge in [-0.3, -0.25) is 4.68 Å². The minimum Gasteiger partial charge on any atom is -0.265 e. The van der Waals surface area contributed by atoms with E-state index in [0.29, 0.717) is 5.56 Å². The molecule has 0 amide bonds. The van der Waals surface area contributed by atoms with Gasteiger partial charge in [0.2, 0.25) is 0 Å². The molecule has 0 radical (unpaired) electrons. The molecule has 2 rings (SSSR count). The number of aromatic nitrogens is 2. The second-order valence-corrected chi connectivity index (χ2v) is 4.27. The van der Waals surface area contributed by atoms with Gasteiger partial charge in [0.1, 0.15) is 0 Å². The van der Waals surface area contributed by atoms with Crippen molar-refractivity contribution in [3.63, 3.8) is 0 Å². The van der Waals surface area contributed by atoms with Crippen molar-refractivity contribution in [2.24, 2.45) is 0 Å². The van der Waals surface area contributed by atoms with E-state index in [1.165, 1.54) is 11.3 Å². The SMILES string of the molecule is Cc1nn(Cc2cccc(C#N)c2)c(C)c1C. The van der Waals surface area contributed by atoms with Gasteiger partial charge >= 0.3 is 0 Å². The van der Waals surface area contributed by atoms with Gasteiger partial charge in [0.15, 0.2) is 0 Å². The second-order valence-electron chi connectivity index (χ2n) is 4.27. The Morgan fingerprint density at radius 3 is 2.65 bits per heavy atom. The zero-order valence-electron chi connectivity index (χ0n) is 10.4. The van der Waals surface area contributed by atoms with Gasteiger partial charge in [0, 0.05) is 5.69 Å². The summed E-state index contributed by atoms with van der Waals surface area (Å²) in [5, 5.41) is 13.4. The van der Waals surface area contributed by atoms with E-state index in [0.717, 1.165) is 17.8 Å². The third-order valence-electron chi connectivity index (χ3n) is 3.13. The van der Waals surface area contributed by atoms with E-state index in [-0.39, 0.29) is 0 Å². The van der Waals surface area contributed by atoms with Crippen LogP contribution in [0.2, 0.25) is 0 Å². The van der Waals surface area contributed by atoms with Gasteiger partial charge in [-0.15, -0.1) is 0 Å². The van der Waals surface area contributed by atoms with Crippen molar-refractivity contribution in [3.05, 3.63) is 52.3 Å². The lowest BCUT2D eigenvalue weighted by atomic mass is 10.1. The third-order valence-corrected chi connectivity index (χ3v) is 3.13. The van der Waals surface area contributed by atoms with E-state index in [9.17, 15) is 0 Å². The predicted molar refractivity (Wildman–Crippen MR) is 66.7 cm³/mol. The van der Waals surface area contributed by atoms with Crippen LogP contribution in [0.15, 0.2) is 24.3 Å². The topological polar surface area (TPSA) is 41.6 Å². The molecule has 2 aromatic rings. The van der Waals surface area contributed by atoms with Crippen LogP contribution in [-0.4, -0.2) is 9.78 Å². The molecule has 0 fully saturated rings. The molecular formula is C14H15N3. The van der Waals surface area contributed by atoms with Crippen LogP contribution < -0.4 is 0 Å². The fraction of sp³-hybridized carbons (Fsp3) is 0.286. The number of hydrogen-bond donors (Lipinski definition) is 0. The molecule has 3 nitrogen and oxygen atoms in total. The first kappa shape index (κ1) is 11.4. The minimum atomic E-state index is 0.695. The number of nitriles is 1. The Labute approximate surface area is 101 Å². The molecule has 1 aromatic heterocycles. The molecular weight excluding hydrogens is 210 g/mol. The Bertz CT molecular complexity index is 588. The van der Waals surface area contributed by atoms with E-state index in [1.54, 1.807) is 0 Å². The lowest BCUT2D eigenvalue weighted by Gasteiger charge is -2.05. The summed E-state index contributed by atoms with van der Waals surface area (Å²) in [4.78, 5) is 0. The van der Waals surface area contributed by atoms with Gasteiger partial charge in [-0.2, -0.15) is 10.4 Å². The number of hydrogen-bond acceptors (Lipinski definition) is 2. The predicted octanol–water partition coefficient (Wildman–Crippen LogP) is 2.73. The maximum absolute atomic E-state index is 8.86. The summed E-state index contributed by atoms with van der Waals surface area (Å²) in [6, 6.07) is 9.81. The Morgan fingerprint density at radius 2 is 2.06 bits per heavy atom. The first-order valence-electron chi connectivity index (χ1n) is 5.61. The van der Waals surface area contributed by atoms with E-state index in [4.69, 9.17) is 5.26 Å². The summed E-state index contributed by atoms with van der Waals surface area (Å²) >= 11 is 0. The van der Waals surface area contributed by atoms with Crippen LogP contribution in [0.25, 0.3) is 0 Å². The first-order chi connectivity index (χ1) is 8.11. The van der Waals surface area contributed by atoms with Crippen molar-refractivity contribution in [1.29, 1.82) is 5.26 Å². The van der Waals surface area contributed by atoms with Crippen LogP contribution in [0.4, 0.5) is 0 Å². The molecule has 3 heteroatoms. The minimum absolute atomic E-state index is 0.695. The molecule has 0 aliphatic rings. The summed E-state index contributed by atoms with van der Waals surface area (Å²) in [6.45, 7) is 6.89. The van der Waals surface area contributed by atoms with Gasteiger partial charge in [-0.25, -0.2) is 0 Å². The highest BCUT2D eigenvalue weighted by Crippen LogP contribution is 2.13. The van der Waals surface area contributed by atoms with Gasteiger partial charge in [0.05, 0.1) is 23.9 Å². The number of benzene rings is 1. The van der Waals surface area contributed by atoms with E-state index >= 15 is 0 Å². The van der Waals surface area contributed by atoms with Crippen molar-refractivity contribution in [2.45, 2.75) is 27.3 Å². The lowest BCUT2D eigenvalue weighted by molar-refractivity contribution is 0.658. The normalized spacial score (nSPS) is 10.2. The smallest absolute Gasteiger partial charge is 0.0991 e. The molecule has 0 aliphatic heterocycles. The van der Waals surface area contributed by atoms with Crippen molar-refractivity contribution in [2.75, 3.05) is 0 Å². The van der Waals surface area contributed by atoms with Crippen LogP contribution in [-0.2, 0) is 6.54 Å². The molecule has 0 unspecified atom stereocenters. The van der Waals surface area contributed by atoms with Crippen molar-refractivity contribution >= 4 is 0 Å². The van der Waals surface area contributed by atoms with Gasteiger partial charge in [-0.1, -0.05) is 12.1 Å². The largest absolute Gasteiger partial charge is 0.265 e. The fourth-order valence-electron chi connectivity index (χ4n) is 1.85. The first-order valence-corrected chi connectivity index (χ1v) is 5.61. The highest BCUT2D eigenvalue weighted by molar-refractivity contribution is 5.33. The van der Waals surface area contributed by atoms with Gasteiger partial charge < -0.3 is 0 Å². The van der Waals surface area contributed by atoms with E-state index < -0.39 is 0 Å². The maximum Gasteiger partial charge on any atom is 0.0991 e. The molecule has 0 aliphatic carbocycles. The van der Waals surface area contributed by atoms with Crippen LogP contribution in [0, 0.1) is 32.1 Å². The monoisotopic (exact) mass is 225 g/mol. The van der Waals surface area contributed by atoms with E-state index in [2.05, 4.69) is 25.0 Å². The van der Waals surface area contributed by atoms with Crippen LogP contribution in [0.3, 0.4) is 0 Å². The van der Waals surface area contributed by atoms with Crippen LogP contribution >= 0.6 is 0 Å². The third kappa shape index (κ3) is 2.21. The van der Waals surface area contributed by atoms with Gasteiger partial charge in [0.25, 0.3) is 0 Å². The fourth-order valence-corrected chi connectivity index (χ4v) is 1.85. The average molecular weight is 225 g/mol. The zero-order chi connectivity index (χ0) is 12.4. The lowest BCUT2D eigenvalue weighted by Crippen LogP contribution is -2.04. The average Bonchev–Trinajstić information content (AvgIpc) is 2.57. The number of nitrogens with zero attached hydrogens (tertiary/aromatic N) is 3. The van der Waals surface area contributed by atoms with Crippen LogP contribution in [0.1, 0.15) is 28.1 Å². The molecule has 1 heterocycles. The standard InChI is InChI=1S/C14H15N3/c1-10-11(2)16-17(12(10)3)9-14-6-4-5-13(7-14)8-15/h4-7H,9H2,1-3H3. The highest BCUT2D eigenvalue weighted by atomic mass is 15.3. The van der Waals surface area contributed by atoms with Crippen molar-refractivity contribution < 1.29 is 0 Å². The summed E-state index contributed by atoms with van der Waals surface area (Å²) in [7, 11) is 0. The Morgan fingerprint density at radius 1 is 1.29 bits per heavy atom. The number of aryl methyl sites for hydroxylation is 1. The van der Waals surface area contributed by atoms with Crippen molar-refractivity contribution in [1.82, 2.24) is 9.78 Å². The molecule has 0 saturated heterocycles. The van der Waals surface area contributed by atoms with E-state index in [1.807, 2.05) is 35.9 Å². The molecule has 86 valence electrons. The summed E-state index contributed by atoms with van der Waals surface area (Å²) in [5.74, 6) is 0. The van der Waals surface area contributed by atoms with Crippen LogP contribution in [0.5, 0.6) is 0 Å². The molecule has 0 spiro atoms. The zero-order valence-corrected chi connectivity index (χ0v) is 10.4. The molecule has 0 saturated carbocycles. The molecule has 0 atom stereocenters. The highest BCUT2D eigenvalue weighted by Gasteiger charge is 2.07. The summed E-state index contributed by atoms with van der Waals surface area (Å²) in [5.41, 5.74) is 5.29. The molecule has 17 heavy (non-hydrogen) atoms. The number of rotatable bonds is 2. The quantitative estimate of drug-likeness (QED) is 0.788. The molecule has 1 aromatic carbocycles. The Kier molecular flexibility index (Phi) is 2.97. The molecule has 0 bridgehead atoms. The Balaban J connectivity index is 2.32. The van der Waals surface area contributed by atoms with Crippen molar-refractivity contribution in [3.8, 4) is 6.07 Å². The summed E-state index contributed by atoms with van der Waals surface area (Å²) in [6.07, 6.45) is 0.